The standard InChI is InChI=1S/C13H8O3S/c14-13(10-3-5-15-8-10)16-11-2-1-9-4-6-17-12(9)7-11/h1-8H. The van der Waals surface area contributed by atoms with E-state index in [9.17, 15) is 4.79 Å². The molecule has 0 aliphatic carbocycles. The molecule has 0 saturated heterocycles. The predicted octanol–water partition coefficient (Wildman–Crippen LogP) is 3.71. The van der Waals surface area contributed by atoms with Crippen LogP contribution in [-0.2, 0) is 0 Å². The summed E-state index contributed by atoms with van der Waals surface area (Å²) in [5.41, 5.74) is 0.413. The number of carbonyl (C=O) groups is 1. The van der Waals surface area contributed by atoms with E-state index in [0.717, 1.165) is 10.1 Å². The molecular weight excluding hydrogens is 236 g/mol. The van der Waals surface area contributed by atoms with Crippen LogP contribution >= 0.6 is 11.3 Å². The number of fused-ring (bicyclic) bond motifs is 1. The quantitative estimate of drug-likeness (QED) is 0.509. The zero-order valence-corrected chi connectivity index (χ0v) is 9.57. The second-order valence-corrected chi connectivity index (χ2v) is 4.47. The van der Waals surface area contributed by atoms with Crippen molar-refractivity contribution < 1.29 is 13.9 Å². The van der Waals surface area contributed by atoms with Crippen LogP contribution in [0.25, 0.3) is 10.1 Å². The van der Waals surface area contributed by atoms with Gasteiger partial charge < -0.3 is 9.15 Å². The number of rotatable bonds is 2. The van der Waals surface area contributed by atoms with E-state index in [-0.39, 0.29) is 0 Å². The Balaban J connectivity index is 1.87. The second kappa shape index (κ2) is 4.07. The Labute approximate surface area is 101 Å². The normalized spacial score (nSPS) is 10.6. The molecule has 84 valence electrons. The minimum absolute atomic E-state index is 0.408. The topological polar surface area (TPSA) is 39.4 Å². The second-order valence-electron chi connectivity index (χ2n) is 3.52. The molecular formula is C13H8O3S. The monoisotopic (exact) mass is 244 g/mol. The lowest BCUT2D eigenvalue weighted by Gasteiger charge is -2.02. The largest absolute Gasteiger partial charge is 0.472 e. The van der Waals surface area contributed by atoms with Gasteiger partial charge in [0.25, 0.3) is 0 Å². The molecule has 0 N–H and O–H groups in total. The number of hydrogen-bond acceptors (Lipinski definition) is 4. The number of furan rings is 1. The van der Waals surface area contributed by atoms with Gasteiger partial charge in [0.1, 0.15) is 12.0 Å². The molecule has 3 aromatic rings. The van der Waals surface area contributed by atoms with E-state index in [2.05, 4.69) is 0 Å². The summed E-state index contributed by atoms with van der Waals surface area (Å²) < 4.78 is 11.2. The van der Waals surface area contributed by atoms with Crippen molar-refractivity contribution in [3.05, 3.63) is 53.8 Å². The highest BCUT2D eigenvalue weighted by Crippen LogP contribution is 2.25. The molecule has 4 heteroatoms. The molecule has 0 bridgehead atoms. The summed E-state index contributed by atoms with van der Waals surface area (Å²) >= 11 is 1.62. The Kier molecular flexibility index (Phi) is 2.42. The summed E-state index contributed by atoms with van der Waals surface area (Å²) in [5.74, 6) is 0.140. The number of esters is 1. The van der Waals surface area contributed by atoms with Gasteiger partial charge in [0, 0.05) is 4.70 Å². The van der Waals surface area contributed by atoms with Gasteiger partial charge in [0.15, 0.2) is 0 Å². The van der Waals surface area contributed by atoms with Crippen molar-refractivity contribution in [2.75, 3.05) is 0 Å². The lowest BCUT2D eigenvalue weighted by Crippen LogP contribution is -2.06. The van der Waals surface area contributed by atoms with Gasteiger partial charge >= 0.3 is 5.97 Å². The fourth-order valence-corrected chi connectivity index (χ4v) is 2.36. The van der Waals surface area contributed by atoms with Crippen LogP contribution in [0.2, 0.25) is 0 Å². The fourth-order valence-electron chi connectivity index (χ4n) is 1.55. The number of thiophene rings is 1. The lowest BCUT2D eigenvalue weighted by atomic mass is 10.2. The average molecular weight is 244 g/mol. The van der Waals surface area contributed by atoms with Crippen LogP contribution < -0.4 is 4.74 Å². The predicted molar refractivity (Wildman–Crippen MR) is 65.5 cm³/mol. The minimum Gasteiger partial charge on any atom is -0.472 e. The molecule has 3 rings (SSSR count). The van der Waals surface area contributed by atoms with Crippen molar-refractivity contribution in [3.8, 4) is 5.75 Å². The molecule has 0 atom stereocenters. The van der Waals surface area contributed by atoms with Crippen molar-refractivity contribution in [2.45, 2.75) is 0 Å². The molecule has 1 aromatic carbocycles. The Morgan fingerprint density at radius 2 is 2.18 bits per heavy atom. The number of hydrogen-bond donors (Lipinski definition) is 0. The first-order valence-electron chi connectivity index (χ1n) is 5.04. The highest BCUT2D eigenvalue weighted by Gasteiger charge is 2.10. The van der Waals surface area contributed by atoms with Crippen molar-refractivity contribution in [1.82, 2.24) is 0 Å². The molecule has 0 amide bonds. The summed E-state index contributed by atoms with van der Waals surface area (Å²) in [4.78, 5) is 11.7. The molecule has 17 heavy (non-hydrogen) atoms. The van der Waals surface area contributed by atoms with E-state index in [1.54, 1.807) is 23.5 Å². The zero-order valence-electron chi connectivity index (χ0n) is 8.75. The highest BCUT2D eigenvalue weighted by atomic mass is 32.1. The third kappa shape index (κ3) is 1.94. The molecule has 0 spiro atoms. The summed E-state index contributed by atoms with van der Waals surface area (Å²) in [6.45, 7) is 0. The fraction of sp³-hybridized carbons (Fsp3) is 0. The Hall–Kier alpha value is -2.07. The first-order chi connectivity index (χ1) is 8.33. The Bertz CT molecular complexity index is 652. The third-order valence-corrected chi connectivity index (χ3v) is 3.27. The summed E-state index contributed by atoms with van der Waals surface area (Å²) in [6.07, 6.45) is 2.81. The maximum atomic E-state index is 11.7. The van der Waals surface area contributed by atoms with Crippen LogP contribution in [0, 0.1) is 0 Å². The van der Waals surface area contributed by atoms with Crippen molar-refractivity contribution in [3.63, 3.8) is 0 Å². The van der Waals surface area contributed by atoms with Crippen LogP contribution in [0.15, 0.2) is 52.7 Å². The van der Waals surface area contributed by atoms with Crippen molar-refractivity contribution in [2.24, 2.45) is 0 Å². The van der Waals surface area contributed by atoms with Crippen LogP contribution in [-0.4, -0.2) is 5.97 Å². The molecule has 0 aliphatic rings. The van der Waals surface area contributed by atoms with E-state index in [0.29, 0.717) is 11.3 Å². The molecule has 2 heterocycles. The third-order valence-electron chi connectivity index (χ3n) is 2.40. The SMILES string of the molecule is O=C(Oc1ccc2ccsc2c1)c1ccoc1. The first kappa shape index (κ1) is 10.1. The lowest BCUT2D eigenvalue weighted by molar-refractivity contribution is 0.0734. The van der Waals surface area contributed by atoms with E-state index in [4.69, 9.17) is 9.15 Å². The highest BCUT2D eigenvalue weighted by molar-refractivity contribution is 7.17. The molecule has 0 radical (unpaired) electrons. The van der Waals surface area contributed by atoms with Crippen molar-refractivity contribution >= 4 is 27.4 Å². The van der Waals surface area contributed by atoms with Gasteiger partial charge in [-0.25, -0.2) is 4.79 Å². The van der Waals surface area contributed by atoms with Gasteiger partial charge in [0.2, 0.25) is 0 Å². The molecule has 2 aromatic heterocycles. The first-order valence-corrected chi connectivity index (χ1v) is 5.92. The molecule has 3 nitrogen and oxygen atoms in total. The number of benzene rings is 1. The van der Waals surface area contributed by atoms with E-state index < -0.39 is 5.97 Å². The maximum absolute atomic E-state index is 11.7. The smallest absolute Gasteiger partial charge is 0.346 e. The van der Waals surface area contributed by atoms with Crippen molar-refractivity contribution in [1.29, 1.82) is 0 Å². The van der Waals surface area contributed by atoms with Crippen LogP contribution in [0.4, 0.5) is 0 Å². The van der Waals surface area contributed by atoms with Gasteiger partial charge in [-0.1, -0.05) is 0 Å². The summed E-state index contributed by atoms with van der Waals surface area (Å²) in [7, 11) is 0. The Morgan fingerprint density at radius 1 is 1.24 bits per heavy atom. The minimum atomic E-state index is -0.408. The number of ether oxygens (including phenoxy) is 1. The molecule has 0 aliphatic heterocycles. The molecule has 0 saturated carbocycles. The average Bonchev–Trinajstić information content (AvgIpc) is 2.99. The van der Waals surface area contributed by atoms with Gasteiger partial charge in [-0.15, -0.1) is 11.3 Å². The maximum Gasteiger partial charge on any atom is 0.346 e. The molecule has 0 unspecified atom stereocenters. The van der Waals surface area contributed by atoms with Gasteiger partial charge in [-0.05, 0) is 41.1 Å². The molecule has 0 fully saturated rings. The summed E-state index contributed by atoms with van der Waals surface area (Å²) in [5, 5.41) is 3.16. The van der Waals surface area contributed by atoms with Crippen LogP contribution in [0.5, 0.6) is 5.75 Å². The zero-order chi connectivity index (χ0) is 11.7. The summed E-state index contributed by atoms with van der Waals surface area (Å²) in [6, 6.07) is 9.18. The van der Waals surface area contributed by atoms with E-state index in [1.807, 2.05) is 23.6 Å². The van der Waals surface area contributed by atoms with Gasteiger partial charge in [-0.2, -0.15) is 0 Å². The van der Waals surface area contributed by atoms with Gasteiger partial charge in [0.05, 0.1) is 11.8 Å². The van der Waals surface area contributed by atoms with Crippen LogP contribution in [0.1, 0.15) is 10.4 Å². The Morgan fingerprint density at radius 3 is 3.00 bits per heavy atom. The van der Waals surface area contributed by atoms with E-state index in [1.165, 1.54) is 12.5 Å². The number of carbonyl (C=O) groups excluding carboxylic acids is 1. The van der Waals surface area contributed by atoms with Gasteiger partial charge in [-0.3, -0.25) is 0 Å². The van der Waals surface area contributed by atoms with E-state index >= 15 is 0 Å². The van der Waals surface area contributed by atoms with Crippen LogP contribution in [0.3, 0.4) is 0 Å².